The van der Waals surface area contributed by atoms with Gasteiger partial charge in [-0.1, -0.05) is 49.3 Å². The number of aliphatic hydroxyl groups excluding tert-OH is 1. The first-order valence-electron chi connectivity index (χ1n) is 20.7. The molecule has 0 unspecified atom stereocenters. The van der Waals surface area contributed by atoms with Crippen LogP contribution in [0.5, 0.6) is 0 Å². The number of primary amides is 1. The Balaban J connectivity index is 1.73. The summed E-state index contributed by atoms with van der Waals surface area (Å²) >= 11 is 0. The number of benzene rings is 1. The average Bonchev–Trinajstić information content (AvgIpc) is 3.89. The largest absolute Gasteiger partial charge is 0.469 e. The minimum absolute atomic E-state index is 0.0956. The first-order valence-corrected chi connectivity index (χ1v) is 22.2. The van der Waals surface area contributed by atoms with Gasteiger partial charge in [-0.3, -0.25) is 33.3 Å². The van der Waals surface area contributed by atoms with Crippen LogP contribution in [0, 0.1) is 5.92 Å². The van der Waals surface area contributed by atoms with Crippen molar-refractivity contribution in [1.29, 1.82) is 0 Å². The summed E-state index contributed by atoms with van der Waals surface area (Å²) in [6.07, 6.45) is 8.06. The molecule has 62 heavy (non-hydrogen) atoms. The molecule has 1 aromatic heterocycles. The van der Waals surface area contributed by atoms with E-state index < -0.39 is 80.3 Å². The van der Waals surface area contributed by atoms with E-state index in [-0.39, 0.29) is 24.7 Å². The molecular formula is C40H62N9O12P. The summed E-state index contributed by atoms with van der Waals surface area (Å²) < 4.78 is 17.7. The van der Waals surface area contributed by atoms with Crippen LogP contribution in [0.3, 0.4) is 0 Å². The molecule has 0 radical (unpaired) electrons. The predicted molar refractivity (Wildman–Crippen MR) is 225 cm³/mol. The quantitative estimate of drug-likeness (QED) is 0.0258. The molecule has 2 heterocycles. The van der Waals surface area contributed by atoms with Gasteiger partial charge in [-0.05, 0) is 69.8 Å². The van der Waals surface area contributed by atoms with Gasteiger partial charge in [0.15, 0.2) is 0 Å². The number of aliphatic hydroxyl groups is 1. The zero-order chi connectivity index (χ0) is 45.8. The third-order valence-electron chi connectivity index (χ3n) is 10.0. The van der Waals surface area contributed by atoms with Crippen LogP contribution in [-0.4, -0.2) is 127 Å². The summed E-state index contributed by atoms with van der Waals surface area (Å²) in [5.74, 6) is -4.93. The number of nitrogens with two attached hydrogens (primary N) is 1. The molecule has 0 saturated carbocycles. The highest BCUT2D eigenvalue weighted by Crippen LogP contribution is 2.38. The van der Waals surface area contributed by atoms with Crippen molar-refractivity contribution in [3.8, 4) is 0 Å². The van der Waals surface area contributed by atoms with Crippen LogP contribution in [-0.2, 0) is 62.1 Å². The Morgan fingerprint density at radius 3 is 2.29 bits per heavy atom. The van der Waals surface area contributed by atoms with Crippen molar-refractivity contribution in [2.75, 3.05) is 19.8 Å². The number of likely N-dealkylation sites (tertiary alicyclic amines) is 1. The van der Waals surface area contributed by atoms with Gasteiger partial charge in [0, 0.05) is 44.5 Å². The third-order valence-corrected chi connectivity index (χ3v) is 10.6. The number of nitrogens with one attached hydrogen (secondary N) is 4. The molecule has 2 aromatic rings. The standard InChI is InChI=1S/C40H62N9O12P/c1-26(2)21-31(45-40(56)34-16-12-19-49(34)28(4)51)37(53)44-32(38(54)46-33(24-50)39(55)47-35(36(41)52)27(3)61-62(57,58)59)22-30-23-42-25-48(30)18-9-6-10-20-60-43-17-11-15-29-13-7-5-8-14-29/h5,7-8,13-14,17,23,25-27,31-35,50H,6,9-12,15-16,18-22,24H2,1-4H3,(H2,41,52)(H,44,53)(H,45,56)(H,46,54)(H,47,55)(H2,57,58,59)/b43-17+/t27-,31+,32+,33+,34+,35+/m1/s1. The number of nitrogens with zero attached hydrogens (tertiary/aromatic N) is 4. The number of amides is 6. The van der Waals surface area contributed by atoms with Crippen molar-refractivity contribution >= 4 is 49.5 Å². The van der Waals surface area contributed by atoms with Gasteiger partial charge in [0.1, 0.15) is 36.8 Å². The van der Waals surface area contributed by atoms with Crippen molar-refractivity contribution in [3.05, 3.63) is 54.1 Å². The SMILES string of the molecule is CC(=O)N1CCC[C@H]1C(=O)N[C@@H](CC(C)C)C(=O)N[C@@H](Cc1cncn1CCCCCO/N=C/CCc1ccccc1)C(=O)N[C@@H](CO)C(=O)N[C@H](C(N)=O)[C@@H](C)OP(=O)(O)O. The summed E-state index contributed by atoms with van der Waals surface area (Å²) in [6, 6.07) is 3.22. The molecule has 3 rings (SSSR count). The molecule has 344 valence electrons. The van der Waals surface area contributed by atoms with E-state index in [0.717, 1.165) is 32.6 Å². The smallest absolute Gasteiger partial charge is 0.396 e. The van der Waals surface area contributed by atoms with E-state index in [2.05, 4.69) is 48.1 Å². The second kappa shape index (κ2) is 25.7. The summed E-state index contributed by atoms with van der Waals surface area (Å²) in [4.78, 5) is 108. The number of unbranched alkanes of at least 4 members (excludes halogenated alkanes) is 2. The molecule has 1 fully saturated rings. The van der Waals surface area contributed by atoms with Crippen LogP contribution >= 0.6 is 7.82 Å². The van der Waals surface area contributed by atoms with Crippen LogP contribution in [0.4, 0.5) is 0 Å². The molecule has 6 amide bonds. The lowest BCUT2D eigenvalue weighted by Crippen LogP contribution is -2.61. The van der Waals surface area contributed by atoms with Crippen molar-refractivity contribution in [2.24, 2.45) is 16.8 Å². The van der Waals surface area contributed by atoms with Gasteiger partial charge in [0.05, 0.1) is 19.0 Å². The van der Waals surface area contributed by atoms with Crippen molar-refractivity contribution in [2.45, 2.75) is 128 Å². The Kier molecular flexibility index (Phi) is 21.2. The van der Waals surface area contributed by atoms with Gasteiger partial charge in [-0.15, -0.1) is 0 Å². The van der Waals surface area contributed by atoms with E-state index in [1.807, 2.05) is 32.0 Å². The first kappa shape index (κ1) is 51.1. The molecule has 9 N–H and O–H groups in total. The highest BCUT2D eigenvalue weighted by Gasteiger charge is 2.37. The van der Waals surface area contributed by atoms with E-state index in [0.29, 0.717) is 44.7 Å². The number of aryl methyl sites for hydroxylation is 2. The van der Waals surface area contributed by atoms with Gasteiger partial charge in [0.25, 0.3) is 0 Å². The second-order valence-corrected chi connectivity index (χ2v) is 16.7. The Labute approximate surface area is 361 Å². The number of oxime groups is 1. The summed E-state index contributed by atoms with van der Waals surface area (Å²) in [6.45, 7) is 6.43. The fourth-order valence-corrected chi connectivity index (χ4v) is 7.43. The van der Waals surface area contributed by atoms with Crippen LogP contribution in [0.25, 0.3) is 0 Å². The first-order chi connectivity index (χ1) is 29.4. The molecule has 6 atom stereocenters. The van der Waals surface area contributed by atoms with Crippen LogP contribution in [0.15, 0.2) is 48.0 Å². The number of aromatic nitrogens is 2. The van der Waals surface area contributed by atoms with Gasteiger partial charge in [-0.2, -0.15) is 0 Å². The average molecular weight is 892 g/mol. The predicted octanol–water partition coefficient (Wildman–Crippen LogP) is 0.203. The molecule has 22 heteroatoms. The van der Waals surface area contributed by atoms with E-state index >= 15 is 0 Å². The van der Waals surface area contributed by atoms with E-state index in [1.165, 1.54) is 23.6 Å². The van der Waals surface area contributed by atoms with Gasteiger partial charge >= 0.3 is 7.82 Å². The maximum Gasteiger partial charge on any atom is 0.469 e. The number of hydrogen-bond acceptors (Lipinski definition) is 12. The van der Waals surface area contributed by atoms with Crippen LogP contribution < -0.4 is 27.0 Å². The van der Waals surface area contributed by atoms with Gasteiger partial charge in [-0.25, -0.2) is 9.55 Å². The summed E-state index contributed by atoms with van der Waals surface area (Å²) in [7, 11) is -5.12. The number of rotatable bonds is 27. The highest BCUT2D eigenvalue weighted by molar-refractivity contribution is 7.46. The maximum atomic E-state index is 14.0. The van der Waals surface area contributed by atoms with Crippen molar-refractivity contribution < 1.29 is 57.6 Å². The van der Waals surface area contributed by atoms with Crippen molar-refractivity contribution in [1.82, 2.24) is 35.7 Å². The van der Waals surface area contributed by atoms with E-state index in [9.17, 15) is 48.2 Å². The second-order valence-electron chi connectivity index (χ2n) is 15.5. The fourth-order valence-electron chi connectivity index (χ4n) is 6.87. The molecule has 1 aliphatic rings. The maximum absolute atomic E-state index is 14.0. The van der Waals surface area contributed by atoms with Crippen molar-refractivity contribution in [3.63, 3.8) is 0 Å². The summed E-state index contributed by atoms with van der Waals surface area (Å²) in [5.41, 5.74) is 7.09. The molecule has 0 aliphatic carbocycles. The number of phosphoric ester groups is 1. The lowest BCUT2D eigenvalue weighted by molar-refractivity contribution is -0.139. The number of carbonyl (C=O) groups excluding carboxylic acids is 6. The molecule has 1 saturated heterocycles. The normalized spacial score (nSPS) is 16.6. The monoisotopic (exact) mass is 891 g/mol. The Bertz CT molecular complexity index is 1860. The Morgan fingerprint density at radius 1 is 0.968 bits per heavy atom. The van der Waals surface area contributed by atoms with Gasteiger partial charge < -0.3 is 56.2 Å². The lowest BCUT2D eigenvalue weighted by atomic mass is 10.0. The van der Waals surface area contributed by atoms with E-state index in [1.54, 1.807) is 17.1 Å². The number of carbonyl (C=O) groups is 6. The number of phosphoric acid groups is 1. The molecule has 1 aliphatic heterocycles. The topological polar surface area (TPSA) is 306 Å². The fraction of sp³-hybridized carbons (Fsp3) is 0.600. The Hall–Kier alpha value is -5.21. The number of hydrogen-bond donors (Lipinski definition) is 8. The molecule has 21 nitrogen and oxygen atoms in total. The molecule has 0 bridgehead atoms. The van der Waals surface area contributed by atoms with Crippen LogP contribution in [0.1, 0.15) is 83.9 Å². The number of imidazole rings is 1. The minimum Gasteiger partial charge on any atom is -0.396 e. The third kappa shape index (κ3) is 17.6. The molecule has 0 spiro atoms. The minimum atomic E-state index is -5.12. The lowest BCUT2D eigenvalue weighted by Gasteiger charge is -2.28. The van der Waals surface area contributed by atoms with E-state index in [4.69, 9.17) is 10.6 Å². The zero-order valence-corrected chi connectivity index (χ0v) is 36.6. The Morgan fingerprint density at radius 2 is 1.65 bits per heavy atom. The zero-order valence-electron chi connectivity index (χ0n) is 35.7. The molecular weight excluding hydrogens is 829 g/mol. The van der Waals surface area contributed by atoms with Gasteiger partial charge in [0.2, 0.25) is 35.4 Å². The highest BCUT2D eigenvalue weighted by atomic mass is 31.2. The van der Waals surface area contributed by atoms with Crippen LogP contribution in [0.2, 0.25) is 0 Å². The summed E-state index contributed by atoms with van der Waals surface area (Å²) in [5, 5.41) is 24.1. The molecule has 1 aromatic carbocycles.